The first kappa shape index (κ1) is 20.4. The van der Waals surface area contributed by atoms with Crippen LogP contribution >= 0.6 is 11.6 Å². The molecule has 1 heterocycles. The number of unbranched alkanes of at least 4 members (excludes halogenated alkanes) is 1. The molecule has 0 atom stereocenters. The van der Waals surface area contributed by atoms with Crippen LogP contribution < -0.4 is 15.0 Å². The lowest BCUT2D eigenvalue weighted by Crippen LogP contribution is -2.11. The lowest BCUT2D eigenvalue weighted by atomic mass is 10.1. The van der Waals surface area contributed by atoms with Gasteiger partial charge in [-0.25, -0.2) is 4.98 Å². The summed E-state index contributed by atoms with van der Waals surface area (Å²) in [6.45, 7) is 2.70. The van der Waals surface area contributed by atoms with Crippen LogP contribution in [-0.2, 0) is 0 Å². The third kappa shape index (κ3) is 4.76. The molecule has 0 bridgehead atoms. The van der Waals surface area contributed by atoms with Crippen LogP contribution in [0.5, 0.6) is 11.5 Å². The fraction of sp³-hybridized carbons (Fsp3) is 0.227. The van der Waals surface area contributed by atoms with E-state index in [9.17, 15) is 10.1 Å². The van der Waals surface area contributed by atoms with E-state index < -0.39 is 0 Å². The normalized spacial score (nSPS) is 11.3. The Morgan fingerprint density at radius 1 is 1.28 bits per heavy atom. The number of nitrogens with one attached hydrogen (secondary N) is 1. The number of allylic oxidation sites excluding steroid dienone is 1. The maximum atomic E-state index is 12.4. The molecule has 3 rings (SSSR count). The smallest absolute Gasteiger partial charge is 0.259 e. The van der Waals surface area contributed by atoms with Gasteiger partial charge in [0.1, 0.15) is 6.07 Å². The minimum absolute atomic E-state index is 0.189. The van der Waals surface area contributed by atoms with Crippen LogP contribution in [0, 0.1) is 11.3 Å². The van der Waals surface area contributed by atoms with Gasteiger partial charge in [0, 0.05) is 5.02 Å². The van der Waals surface area contributed by atoms with Gasteiger partial charge in [0.05, 0.1) is 30.2 Å². The van der Waals surface area contributed by atoms with Crippen molar-refractivity contribution in [1.82, 2.24) is 9.97 Å². The highest BCUT2D eigenvalue weighted by atomic mass is 35.5. The Morgan fingerprint density at radius 3 is 2.83 bits per heavy atom. The monoisotopic (exact) mass is 409 g/mol. The number of aromatic nitrogens is 2. The summed E-state index contributed by atoms with van der Waals surface area (Å²) in [7, 11) is 1.56. The molecule has 148 valence electrons. The fourth-order valence-corrected chi connectivity index (χ4v) is 2.95. The molecule has 29 heavy (non-hydrogen) atoms. The molecule has 7 heteroatoms. The van der Waals surface area contributed by atoms with Gasteiger partial charge in [-0.15, -0.1) is 0 Å². The first-order chi connectivity index (χ1) is 14.0. The molecule has 1 N–H and O–H groups in total. The minimum atomic E-state index is -0.356. The highest BCUT2D eigenvalue weighted by molar-refractivity contribution is 6.31. The second-order valence-corrected chi connectivity index (χ2v) is 6.79. The van der Waals surface area contributed by atoms with Crippen LogP contribution in [0.1, 0.15) is 31.2 Å². The Kier molecular flexibility index (Phi) is 6.53. The molecule has 0 unspecified atom stereocenters. The second-order valence-electron chi connectivity index (χ2n) is 6.36. The molecule has 2 aromatic carbocycles. The van der Waals surface area contributed by atoms with Crippen molar-refractivity contribution in [3.8, 4) is 17.6 Å². The summed E-state index contributed by atoms with van der Waals surface area (Å²) in [5.41, 5.74) is 1.05. The summed E-state index contributed by atoms with van der Waals surface area (Å²) < 4.78 is 11.1. The molecule has 0 spiro atoms. The van der Waals surface area contributed by atoms with Crippen LogP contribution in [0.15, 0.2) is 41.2 Å². The van der Waals surface area contributed by atoms with Crippen molar-refractivity contribution in [1.29, 1.82) is 5.26 Å². The van der Waals surface area contributed by atoms with E-state index in [-0.39, 0.29) is 17.0 Å². The molecule has 0 aliphatic heterocycles. The quantitative estimate of drug-likeness (QED) is 0.446. The lowest BCUT2D eigenvalue weighted by molar-refractivity contribution is 0.288. The lowest BCUT2D eigenvalue weighted by Gasteiger charge is -2.11. The molecule has 0 aliphatic carbocycles. The van der Waals surface area contributed by atoms with Gasteiger partial charge in [0.15, 0.2) is 17.3 Å². The van der Waals surface area contributed by atoms with Crippen molar-refractivity contribution >= 4 is 34.2 Å². The van der Waals surface area contributed by atoms with Crippen LogP contribution in [-0.4, -0.2) is 23.7 Å². The molecule has 0 amide bonds. The standard InChI is InChI=1S/C22H20ClN3O3/c1-3-4-9-29-19-8-5-14(11-20(19)28-2)10-15(13-24)21-25-18-7-6-16(23)12-17(18)22(27)26-21/h5-8,10-12H,3-4,9H2,1-2H3,(H,25,26,27). The van der Waals surface area contributed by atoms with Crippen LogP contribution in [0.25, 0.3) is 22.6 Å². The van der Waals surface area contributed by atoms with Crippen molar-refractivity contribution in [3.63, 3.8) is 0 Å². The number of aromatic amines is 1. The molecule has 6 nitrogen and oxygen atoms in total. The number of benzene rings is 2. The molecule has 0 saturated heterocycles. The van der Waals surface area contributed by atoms with E-state index in [4.69, 9.17) is 21.1 Å². The minimum Gasteiger partial charge on any atom is -0.493 e. The Bertz CT molecular complexity index is 1160. The van der Waals surface area contributed by atoms with Crippen LogP contribution in [0.4, 0.5) is 0 Å². The molecule has 0 aliphatic rings. The van der Waals surface area contributed by atoms with Gasteiger partial charge in [-0.1, -0.05) is 31.0 Å². The van der Waals surface area contributed by atoms with Gasteiger partial charge in [-0.05, 0) is 48.4 Å². The summed E-state index contributed by atoms with van der Waals surface area (Å²) in [4.78, 5) is 19.4. The summed E-state index contributed by atoms with van der Waals surface area (Å²) in [6.07, 6.45) is 3.63. The Morgan fingerprint density at radius 2 is 2.10 bits per heavy atom. The van der Waals surface area contributed by atoms with E-state index in [2.05, 4.69) is 23.0 Å². The Labute approximate surface area is 173 Å². The molecule has 0 saturated carbocycles. The second kappa shape index (κ2) is 9.26. The zero-order valence-corrected chi connectivity index (χ0v) is 16.9. The van der Waals surface area contributed by atoms with Crippen molar-refractivity contribution in [3.05, 3.63) is 63.2 Å². The first-order valence-corrected chi connectivity index (χ1v) is 9.56. The number of rotatable bonds is 7. The number of ether oxygens (including phenoxy) is 2. The average molecular weight is 410 g/mol. The largest absolute Gasteiger partial charge is 0.493 e. The van der Waals surface area contributed by atoms with Crippen LogP contribution in [0.2, 0.25) is 5.02 Å². The number of nitrogens with zero attached hydrogens (tertiary/aromatic N) is 2. The first-order valence-electron chi connectivity index (χ1n) is 9.18. The molecular formula is C22H20ClN3O3. The Balaban J connectivity index is 1.98. The van der Waals surface area contributed by atoms with Crippen molar-refractivity contribution < 1.29 is 9.47 Å². The van der Waals surface area contributed by atoms with Gasteiger partial charge in [-0.2, -0.15) is 5.26 Å². The third-order valence-corrected chi connectivity index (χ3v) is 4.53. The van der Waals surface area contributed by atoms with E-state index in [1.807, 2.05) is 6.07 Å². The van der Waals surface area contributed by atoms with Crippen molar-refractivity contribution in [2.24, 2.45) is 0 Å². The predicted octanol–water partition coefficient (Wildman–Crippen LogP) is 4.83. The van der Waals surface area contributed by atoms with Gasteiger partial charge in [0.25, 0.3) is 5.56 Å². The summed E-state index contributed by atoms with van der Waals surface area (Å²) in [5, 5.41) is 10.4. The zero-order chi connectivity index (χ0) is 20.8. The molecular weight excluding hydrogens is 390 g/mol. The van der Waals surface area contributed by atoms with E-state index in [1.165, 1.54) is 0 Å². The van der Waals surface area contributed by atoms with Crippen molar-refractivity contribution in [2.45, 2.75) is 19.8 Å². The van der Waals surface area contributed by atoms with E-state index in [0.29, 0.717) is 34.0 Å². The average Bonchev–Trinajstić information content (AvgIpc) is 2.73. The van der Waals surface area contributed by atoms with Crippen LogP contribution in [0.3, 0.4) is 0 Å². The molecule has 1 aromatic heterocycles. The number of methoxy groups -OCH3 is 1. The number of fused-ring (bicyclic) bond motifs is 1. The number of halogens is 1. The van der Waals surface area contributed by atoms with Crippen molar-refractivity contribution in [2.75, 3.05) is 13.7 Å². The molecule has 3 aromatic rings. The zero-order valence-electron chi connectivity index (χ0n) is 16.2. The summed E-state index contributed by atoms with van der Waals surface area (Å²) >= 11 is 5.94. The molecule has 0 radical (unpaired) electrons. The van der Waals surface area contributed by atoms with Gasteiger partial charge >= 0.3 is 0 Å². The van der Waals surface area contributed by atoms with Gasteiger partial charge < -0.3 is 14.5 Å². The number of hydrogen-bond acceptors (Lipinski definition) is 5. The maximum Gasteiger partial charge on any atom is 0.259 e. The topological polar surface area (TPSA) is 88.0 Å². The number of hydrogen-bond donors (Lipinski definition) is 1. The summed E-state index contributed by atoms with van der Waals surface area (Å²) in [5.74, 6) is 1.40. The molecule has 0 fully saturated rings. The van der Waals surface area contributed by atoms with Gasteiger partial charge in [0.2, 0.25) is 0 Å². The SMILES string of the molecule is CCCCOc1ccc(C=C(C#N)c2nc3ccc(Cl)cc3c(=O)[nH]2)cc1OC. The van der Waals surface area contributed by atoms with E-state index >= 15 is 0 Å². The highest BCUT2D eigenvalue weighted by Crippen LogP contribution is 2.30. The van der Waals surface area contributed by atoms with E-state index in [0.717, 1.165) is 18.4 Å². The highest BCUT2D eigenvalue weighted by Gasteiger charge is 2.10. The van der Waals surface area contributed by atoms with Gasteiger partial charge in [-0.3, -0.25) is 4.79 Å². The predicted molar refractivity (Wildman–Crippen MR) is 114 cm³/mol. The number of H-pyrrole nitrogens is 1. The Hall–Kier alpha value is -3.30. The third-order valence-electron chi connectivity index (χ3n) is 4.30. The van der Waals surface area contributed by atoms with E-state index in [1.54, 1.807) is 43.5 Å². The maximum absolute atomic E-state index is 12.4. The summed E-state index contributed by atoms with van der Waals surface area (Å²) in [6, 6.07) is 12.3. The fourth-order valence-electron chi connectivity index (χ4n) is 2.78. The number of nitriles is 1.